The Morgan fingerprint density at radius 2 is 1.86 bits per heavy atom. The molecule has 0 unspecified atom stereocenters. The standard InChI is InChI=1S/C18H17F4N3O3/c19-14-7-10(9-25-3-5-28-6-4-25)1-2-11(14)12-8-13(16(23)26)17(27)24-15(12)18(20,21)22/h1-2,7-8H,3-6,9H2,(H2,23,26)(H,24,27). The van der Waals surface area contributed by atoms with Gasteiger partial charge in [0, 0.05) is 30.8 Å². The number of aromatic nitrogens is 1. The molecule has 1 fully saturated rings. The van der Waals surface area contributed by atoms with Gasteiger partial charge in [-0.3, -0.25) is 14.5 Å². The van der Waals surface area contributed by atoms with Crippen LogP contribution in [-0.2, 0) is 17.5 Å². The molecule has 0 atom stereocenters. The number of amides is 1. The van der Waals surface area contributed by atoms with Crippen molar-refractivity contribution in [1.82, 2.24) is 9.88 Å². The number of nitrogens with one attached hydrogen (secondary N) is 1. The van der Waals surface area contributed by atoms with E-state index in [9.17, 15) is 27.2 Å². The molecule has 1 saturated heterocycles. The Balaban J connectivity index is 2.03. The van der Waals surface area contributed by atoms with Crippen molar-refractivity contribution in [3.8, 4) is 11.1 Å². The van der Waals surface area contributed by atoms with E-state index >= 15 is 0 Å². The number of benzene rings is 1. The molecule has 0 saturated carbocycles. The lowest BCUT2D eigenvalue weighted by Gasteiger charge is -2.26. The lowest BCUT2D eigenvalue weighted by Crippen LogP contribution is -2.35. The van der Waals surface area contributed by atoms with E-state index in [2.05, 4.69) is 0 Å². The van der Waals surface area contributed by atoms with Crippen LogP contribution in [0.1, 0.15) is 21.6 Å². The monoisotopic (exact) mass is 399 g/mol. The third-order valence-electron chi connectivity index (χ3n) is 4.42. The number of morpholine rings is 1. The summed E-state index contributed by atoms with van der Waals surface area (Å²) in [6.45, 7) is 2.88. The van der Waals surface area contributed by atoms with Crippen molar-refractivity contribution in [2.75, 3.05) is 26.3 Å². The Labute approximate surface area is 156 Å². The summed E-state index contributed by atoms with van der Waals surface area (Å²) in [7, 11) is 0. The highest BCUT2D eigenvalue weighted by Gasteiger charge is 2.36. The van der Waals surface area contributed by atoms with Crippen molar-refractivity contribution in [2.45, 2.75) is 12.7 Å². The van der Waals surface area contributed by atoms with Crippen LogP contribution in [0.2, 0.25) is 0 Å². The smallest absolute Gasteiger partial charge is 0.379 e. The average molecular weight is 399 g/mol. The maximum Gasteiger partial charge on any atom is 0.431 e. The number of carbonyl (C=O) groups excluding carboxylic acids is 1. The molecule has 1 aliphatic heterocycles. The van der Waals surface area contributed by atoms with E-state index in [1.165, 1.54) is 12.1 Å². The van der Waals surface area contributed by atoms with Gasteiger partial charge in [-0.15, -0.1) is 0 Å². The fourth-order valence-electron chi connectivity index (χ4n) is 3.04. The molecule has 0 radical (unpaired) electrons. The second kappa shape index (κ2) is 7.72. The van der Waals surface area contributed by atoms with Crippen LogP contribution in [0.25, 0.3) is 11.1 Å². The zero-order valence-electron chi connectivity index (χ0n) is 14.6. The van der Waals surface area contributed by atoms with E-state index in [-0.39, 0.29) is 0 Å². The van der Waals surface area contributed by atoms with E-state index in [1.54, 1.807) is 4.98 Å². The van der Waals surface area contributed by atoms with Crippen LogP contribution in [0.5, 0.6) is 0 Å². The predicted molar refractivity (Wildman–Crippen MR) is 92.1 cm³/mol. The summed E-state index contributed by atoms with van der Waals surface area (Å²) in [4.78, 5) is 26.7. The molecule has 1 amide bonds. The molecule has 6 nitrogen and oxygen atoms in total. The van der Waals surface area contributed by atoms with Gasteiger partial charge in [0.05, 0.1) is 13.2 Å². The number of pyridine rings is 1. The zero-order chi connectivity index (χ0) is 20.5. The van der Waals surface area contributed by atoms with Crippen LogP contribution in [0, 0.1) is 5.82 Å². The molecule has 150 valence electrons. The normalized spacial score (nSPS) is 15.6. The van der Waals surface area contributed by atoms with Crippen LogP contribution >= 0.6 is 0 Å². The number of carbonyl (C=O) groups is 1. The van der Waals surface area contributed by atoms with Gasteiger partial charge in [0.15, 0.2) is 0 Å². The van der Waals surface area contributed by atoms with Gasteiger partial charge in [-0.25, -0.2) is 4.39 Å². The highest BCUT2D eigenvalue weighted by Crippen LogP contribution is 2.36. The molecule has 0 bridgehead atoms. The van der Waals surface area contributed by atoms with Crippen LogP contribution in [0.4, 0.5) is 17.6 Å². The minimum atomic E-state index is -4.95. The first kappa shape index (κ1) is 20.0. The fraction of sp³-hybridized carbons (Fsp3) is 0.333. The van der Waals surface area contributed by atoms with E-state index in [4.69, 9.17) is 10.5 Å². The van der Waals surface area contributed by atoms with Crippen molar-refractivity contribution in [3.63, 3.8) is 0 Å². The number of ether oxygens (including phenoxy) is 1. The van der Waals surface area contributed by atoms with Gasteiger partial charge in [0.25, 0.3) is 11.5 Å². The Morgan fingerprint density at radius 3 is 2.43 bits per heavy atom. The van der Waals surface area contributed by atoms with Gasteiger partial charge in [0.1, 0.15) is 17.1 Å². The summed E-state index contributed by atoms with van der Waals surface area (Å²) in [5, 5.41) is 0. The van der Waals surface area contributed by atoms with Crippen molar-refractivity contribution in [3.05, 3.63) is 57.3 Å². The zero-order valence-corrected chi connectivity index (χ0v) is 14.6. The van der Waals surface area contributed by atoms with Gasteiger partial charge in [-0.05, 0) is 17.7 Å². The first-order valence-electron chi connectivity index (χ1n) is 8.40. The number of halogens is 4. The molecular formula is C18H17F4N3O3. The van der Waals surface area contributed by atoms with Gasteiger partial charge in [0.2, 0.25) is 0 Å². The SMILES string of the molecule is NC(=O)c1cc(-c2ccc(CN3CCOCC3)cc2F)c(C(F)(F)F)[nH]c1=O. The molecule has 10 heteroatoms. The van der Waals surface area contributed by atoms with Crippen LogP contribution in [-0.4, -0.2) is 42.1 Å². The summed E-state index contributed by atoms with van der Waals surface area (Å²) in [5.41, 5.74) is 1.16. The van der Waals surface area contributed by atoms with Gasteiger partial charge >= 0.3 is 6.18 Å². The third-order valence-corrected chi connectivity index (χ3v) is 4.42. The summed E-state index contributed by atoms with van der Waals surface area (Å²) < 4.78 is 59.9. The molecule has 3 rings (SSSR count). The quantitative estimate of drug-likeness (QED) is 0.771. The number of hydrogen-bond donors (Lipinski definition) is 2. The lowest BCUT2D eigenvalue weighted by atomic mass is 9.99. The molecule has 0 spiro atoms. The molecule has 2 aromatic rings. The first-order chi connectivity index (χ1) is 13.2. The average Bonchev–Trinajstić information content (AvgIpc) is 2.62. The van der Waals surface area contributed by atoms with E-state index < -0.39 is 45.8 Å². The van der Waals surface area contributed by atoms with E-state index in [1.807, 2.05) is 4.90 Å². The number of hydrogen-bond acceptors (Lipinski definition) is 4. The Kier molecular flexibility index (Phi) is 5.52. The van der Waals surface area contributed by atoms with Crippen molar-refractivity contribution >= 4 is 5.91 Å². The molecule has 3 N–H and O–H groups in total. The van der Waals surface area contributed by atoms with E-state index in [0.717, 1.165) is 6.07 Å². The number of rotatable bonds is 4. The highest BCUT2D eigenvalue weighted by atomic mass is 19.4. The number of H-pyrrole nitrogens is 1. The lowest BCUT2D eigenvalue weighted by molar-refractivity contribution is -0.140. The minimum absolute atomic E-state index is 0.392. The van der Waals surface area contributed by atoms with Crippen molar-refractivity contribution in [1.29, 1.82) is 0 Å². The van der Waals surface area contributed by atoms with Crippen molar-refractivity contribution < 1.29 is 27.1 Å². The maximum absolute atomic E-state index is 14.7. The molecule has 2 heterocycles. The second-order valence-corrected chi connectivity index (χ2v) is 6.37. The summed E-state index contributed by atoms with van der Waals surface area (Å²) in [5.74, 6) is -2.11. The first-order valence-corrected chi connectivity index (χ1v) is 8.40. The molecule has 1 aromatic heterocycles. The summed E-state index contributed by atoms with van der Waals surface area (Å²) in [6.07, 6.45) is -4.95. The van der Waals surface area contributed by atoms with Crippen LogP contribution in [0.15, 0.2) is 29.1 Å². The highest BCUT2D eigenvalue weighted by molar-refractivity contribution is 5.94. The van der Waals surface area contributed by atoms with Crippen LogP contribution in [0.3, 0.4) is 0 Å². The minimum Gasteiger partial charge on any atom is -0.379 e. The molecule has 1 aliphatic rings. The van der Waals surface area contributed by atoms with Gasteiger partial charge in [-0.1, -0.05) is 12.1 Å². The number of aromatic amines is 1. The summed E-state index contributed by atoms with van der Waals surface area (Å²) >= 11 is 0. The number of nitrogens with two attached hydrogens (primary N) is 1. The van der Waals surface area contributed by atoms with Gasteiger partial charge < -0.3 is 15.5 Å². The van der Waals surface area contributed by atoms with E-state index in [0.29, 0.717) is 44.5 Å². The number of nitrogens with zero attached hydrogens (tertiary/aromatic N) is 1. The van der Waals surface area contributed by atoms with Crippen LogP contribution < -0.4 is 11.3 Å². The molecule has 0 aliphatic carbocycles. The maximum atomic E-state index is 14.7. The molecule has 1 aromatic carbocycles. The Morgan fingerprint density at radius 1 is 1.18 bits per heavy atom. The largest absolute Gasteiger partial charge is 0.431 e. The molecule has 28 heavy (non-hydrogen) atoms. The Bertz CT molecular complexity index is 950. The Hall–Kier alpha value is -2.72. The topological polar surface area (TPSA) is 88.4 Å². The predicted octanol–water partition coefficient (Wildman–Crippen LogP) is 2.13. The van der Waals surface area contributed by atoms with Crippen molar-refractivity contribution in [2.24, 2.45) is 5.73 Å². The fourth-order valence-corrected chi connectivity index (χ4v) is 3.04. The molecular weight excluding hydrogens is 382 g/mol. The number of primary amides is 1. The second-order valence-electron chi connectivity index (χ2n) is 6.37. The summed E-state index contributed by atoms with van der Waals surface area (Å²) in [6, 6.07) is 4.51. The third kappa shape index (κ3) is 4.23. The van der Waals surface area contributed by atoms with Gasteiger partial charge in [-0.2, -0.15) is 13.2 Å². The number of alkyl halides is 3.